The zero-order valence-electron chi connectivity index (χ0n) is 8.72. The molecule has 0 unspecified atom stereocenters. The van der Waals surface area contributed by atoms with Crippen molar-refractivity contribution in [1.29, 1.82) is 0 Å². The third-order valence-electron chi connectivity index (χ3n) is 2.45. The molecule has 0 bridgehead atoms. The van der Waals surface area contributed by atoms with Crippen LogP contribution in [0.3, 0.4) is 0 Å². The molecule has 0 amide bonds. The van der Waals surface area contributed by atoms with Gasteiger partial charge in [-0.15, -0.1) is 0 Å². The van der Waals surface area contributed by atoms with Gasteiger partial charge in [0.05, 0.1) is 0 Å². The van der Waals surface area contributed by atoms with E-state index in [4.69, 9.17) is 5.73 Å². The molecule has 2 rings (SSSR count). The first-order valence-electron chi connectivity index (χ1n) is 5.01. The lowest BCUT2D eigenvalue weighted by Crippen LogP contribution is -2.04. The Labute approximate surface area is 93.8 Å². The Morgan fingerprint density at radius 2 is 1.88 bits per heavy atom. The smallest absolute Gasteiger partial charge is 0.122 e. The maximum absolute atomic E-state index is 9.65. The maximum Gasteiger partial charge on any atom is 0.122 e. The number of allylic oxidation sites excluding steroid dienone is 4. The summed E-state index contributed by atoms with van der Waals surface area (Å²) in [5.41, 5.74) is 7.76. The minimum absolute atomic E-state index is 0.191. The molecular formula is C13H13NO2. The number of benzene rings is 1. The lowest BCUT2D eigenvalue weighted by atomic mass is 10.00. The average molecular weight is 215 g/mol. The zero-order valence-corrected chi connectivity index (χ0v) is 8.72. The molecular weight excluding hydrogens is 202 g/mol. The molecule has 0 fully saturated rings. The number of para-hydroxylation sites is 1. The molecule has 3 nitrogen and oxygen atoms in total. The van der Waals surface area contributed by atoms with Gasteiger partial charge in [-0.2, -0.15) is 0 Å². The number of nitrogens with two attached hydrogens (primary N) is 1. The zero-order chi connectivity index (χ0) is 11.5. The van der Waals surface area contributed by atoms with Gasteiger partial charge in [0.2, 0.25) is 0 Å². The van der Waals surface area contributed by atoms with Gasteiger partial charge >= 0.3 is 0 Å². The molecule has 3 heteroatoms. The van der Waals surface area contributed by atoms with Crippen LogP contribution in [0.15, 0.2) is 53.4 Å². The summed E-state index contributed by atoms with van der Waals surface area (Å²) in [4.78, 5) is 0. The third-order valence-corrected chi connectivity index (χ3v) is 2.45. The van der Waals surface area contributed by atoms with Crippen LogP contribution in [-0.2, 0) is 0 Å². The van der Waals surface area contributed by atoms with Crippen LogP contribution in [0.4, 0.5) is 0 Å². The second-order valence-corrected chi connectivity index (χ2v) is 3.70. The van der Waals surface area contributed by atoms with Crippen LogP contribution >= 0.6 is 0 Å². The van der Waals surface area contributed by atoms with E-state index in [1.807, 2.05) is 6.07 Å². The highest BCUT2D eigenvalue weighted by Gasteiger charge is 2.10. The molecule has 82 valence electrons. The summed E-state index contributed by atoms with van der Waals surface area (Å²) >= 11 is 0. The fourth-order valence-electron chi connectivity index (χ4n) is 1.58. The van der Waals surface area contributed by atoms with Crippen LogP contribution in [0.2, 0.25) is 0 Å². The highest BCUT2D eigenvalue weighted by molar-refractivity contribution is 5.63. The topological polar surface area (TPSA) is 66.5 Å². The molecule has 1 aromatic carbocycles. The van der Waals surface area contributed by atoms with Crippen LogP contribution in [0.1, 0.15) is 12.0 Å². The largest absolute Gasteiger partial charge is 0.508 e. The van der Waals surface area contributed by atoms with Crippen molar-refractivity contribution in [1.82, 2.24) is 0 Å². The molecule has 0 saturated heterocycles. The van der Waals surface area contributed by atoms with Crippen molar-refractivity contribution in [3.05, 3.63) is 59.0 Å². The Morgan fingerprint density at radius 1 is 1.12 bits per heavy atom. The molecule has 16 heavy (non-hydrogen) atoms. The number of phenols is 1. The van der Waals surface area contributed by atoms with Crippen LogP contribution in [-0.4, -0.2) is 10.2 Å². The molecule has 0 radical (unpaired) electrons. The molecule has 1 aliphatic rings. The van der Waals surface area contributed by atoms with Gasteiger partial charge < -0.3 is 15.9 Å². The second-order valence-electron chi connectivity index (χ2n) is 3.70. The molecule has 0 aromatic heterocycles. The van der Waals surface area contributed by atoms with Crippen molar-refractivity contribution in [2.24, 2.45) is 5.73 Å². The van der Waals surface area contributed by atoms with Crippen molar-refractivity contribution >= 4 is 6.08 Å². The second kappa shape index (κ2) is 4.14. The predicted octanol–water partition coefficient (Wildman–Crippen LogP) is 2.46. The number of hydrogen-bond acceptors (Lipinski definition) is 3. The minimum Gasteiger partial charge on any atom is -0.508 e. The van der Waals surface area contributed by atoms with E-state index in [1.54, 1.807) is 36.4 Å². The number of aliphatic hydroxyl groups is 1. The standard InChI is InChI=1S/C13H13NO2/c14-11-5-6-13(16)10(8-11)7-9-3-1-2-4-12(9)15/h1-7,15-16H,8,14H2. The number of hydrogen-bond donors (Lipinski definition) is 3. The van der Waals surface area contributed by atoms with Crippen molar-refractivity contribution in [3.63, 3.8) is 0 Å². The molecule has 1 aromatic rings. The molecule has 0 saturated carbocycles. The van der Waals surface area contributed by atoms with Crippen molar-refractivity contribution in [2.45, 2.75) is 6.42 Å². The summed E-state index contributed by atoms with van der Waals surface area (Å²) in [6.07, 6.45) is 5.47. The van der Waals surface area contributed by atoms with Crippen LogP contribution < -0.4 is 5.73 Å². The molecule has 0 heterocycles. The number of rotatable bonds is 1. The first kappa shape index (κ1) is 10.4. The SMILES string of the molecule is NC1=CC=C(O)C(=Cc2ccccc2O)C1. The van der Waals surface area contributed by atoms with Gasteiger partial charge in [-0.05, 0) is 24.3 Å². The summed E-state index contributed by atoms with van der Waals surface area (Å²) in [5, 5.41) is 19.3. The lowest BCUT2D eigenvalue weighted by Gasteiger charge is -2.11. The van der Waals surface area contributed by atoms with Gasteiger partial charge in [-0.3, -0.25) is 0 Å². The highest BCUT2D eigenvalue weighted by atomic mass is 16.3. The Kier molecular flexibility index (Phi) is 2.68. The summed E-state index contributed by atoms with van der Waals surface area (Å²) in [5.74, 6) is 0.383. The summed E-state index contributed by atoms with van der Waals surface area (Å²) < 4.78 is 0. The molecule has 0 spiro atoms. The van der Waals surface area contributed by atoms with Crippen LogP contribution in [0.5, 0.6) is 5.75 Å². The van der Waals surface area contributed by atoms with E-state index >= 15 is 0 Å². The van der Waals surface area contributed by atoms with E-state index in [-0.39, 0.29) is 11.5 Å². The lowest BCUT2D eigenvalue weighted by molar-refractivity contribution is 0.420. The Hall–Kier alpha value is -2.16. The Morgan fingerprint density at radius 3 is 2.62 bits per heavy atom. The van der Waals surface area contributed by atoms with Gasteiger partial charge in [0.15, 0.2) is 0 Å². The van der Waals surface area contributed by atoms with Crippen LogP contribution in [0.25, 0.3) is 6.08 Å². The third kappa shape index (κ3) is 2.08. The van der Waals surface area contributed by atoms with Crippen LogP contribution in [0, 0.1) is 0 Å². The van der Waals surface area contributed by atoms with E-state index in [9.17, 15) is 10.2 Å². The van der Waals surface area contributed by atoms with E-state index < -0.39 is 0 Å². The molecule has 1 aliphatic carbocycles. The first-order chi connectivity index (χ1) is 7.66. The van der Waals surface area contributed by atoms with Crippen molar-refractivity contribution in [2.75, 3.05) is 0 Å². The molecule has 4 N–H and O–H groups in total. The van der Waals surface area contributed by atoms with Crippen molar-refractivity contribution in [3.8, 4) is 5.75 Å². The normalized spacial score (nSPS) is 18.1. The summed E-state index contributed by atoms with van der Waals surface area (Å²) in [7, 11) is 0. The van der Waals surface area contributed by atoms with Crippen molar-refractivity contribution < 1.29 is 10.2 Å². The van der Waals surface area contributed by atoms with Gasteiger partial charge in [0.25, 0.3) is 0 Å². The van der Waals surface area contributed by atoms with Gasteiger partial charge in [-0.25, -0.2) is 0 Å². The van der Waals surface area contributed by atoms with E-state index in [2.05, 4.69) is 0 Å². The number of aromatic hydroxyl groups is 1. The fourth-order valence-corrected chi connectivity index (χ4v) is 1.58. The van der Waals surface area contributed by atoms with E-state index in [0.717, 1.165) is 0 Å². The summed E-state index contributed by atoms with van der Waals surface area (Å²) in [6.45, 7) is 0. The first-order valence-corrected chi connectivity index (χ1v) is 5.01. The Balaban J connectivity index is 2.36. The predicted molar refractivity (Wildman–Crippen MR) is 63.7 cm³/mol. The average Bonchev–Trinajstić information content (AvgIpc) is 2.27. The van der Waals surface area contributed by atoms with E-state index in [0.29, 0.717) is 23.3 Å². The Bertz CT molecular complexity index is 498. The van der Waals surface area contributed by atoms with Gasteiger partial charge in [-0.1, -0.05) is 18.2 Å². The van der Waals surface area contributed by atoms with Gasteiger partial charge in [0, 0.05) is 23.3 Å². The summed E-state index contributed by atoms with van der Waals surface area (Å²) in [6, 6.07) is 6.97. The number of phenolic OH excluding ortho intramolecular Hbond substituents is 1. The van der Waals surface area contributed by atoms with Gasteiger partial charge in [0.1, 0.15) is 11.5 Å². The monoisotopic (exact) mass is 215 g/mol. The quantitative estimate of drug-likeness (QED) is 0.674. The minimum atomic E-state index is 0.191. The number of aliphatic hydroxyl groups excluding tert-OH is 1. The fraction of sp³-hybridized carbons (Fsp3) is 0.0769. The molecule has 0 aliphatic heterocycles. The molecule has 0 atom stereocenters. The highest BCUT2D eigenvalue weighted by Crippen LogP contribution is 2.26. The maximum atomic E-state index is 9.65. The van der Waals surface area contributed by atoms with E-state index in [1.165, 1.54) is 0 Å².